The monoisotopic (exact) mass is 246 g/mol. The molecule has 0 spiro atoms. The van der Waals surface area contributed by atoms with Crippen molar-refractivity contribution in [2.75, 3.05) is 5.32 Å². The van der Waals surface area contributed by atoms with Gasteiger partial charge in [-0.25, -0.2) is 0 Å². The van der Waals surface area contributed by atoms with Crippen LogP contribution < -0.4 is 5.32 Å². The van der Waals surface area contributed by atoms with Crippen molar-refractivity contribution in [2.24, 2.45) is 0 Å². The van der Waals surface area contributed by atoms with E-state index in [0.717, 1.165) is 16.8 Å². The molecule has 0 aliphatic carbocycles. The van der Waals surface area contributed by atoms with Crippen molar-refractivity contribution in [3.05, 3.63) is 65.2 Å². The molecule has 0 fully saturated rings. The van der Waals surface area contributed by atoms with E-state index in [4.69, 9.17) is 5.26 Å². The van der Waals surface area contributed by atoms with E-state index >= 15 is 0 Å². The molecule has 3 rings (SSSR count). The minimum Gasteiger partial charge on any atom is -0.321 e. The van der Waals surface area contributed by atoms with Gasteiger partial charge in [-0.2, -0.15) is 5.26 Å². The summed E-state index contributed by atoms with van der Waals surface area (Å²) in [7, 11) is 0. The number of fused-ring (bicyclic) bond motifs is 1. The second kappa shape index (κ2) is 4.43. The van der Waals surface area contributed by atoms with Crippen molar-refractivity contribution in [1.29, 1.82) is 5.26 Å². The van der Waals surface area contributed by atoms with Crippen LogP contribution in [0.1, 0.15) is 16.7 Å². The summed E-state index contributed by atoms with van der Waals surface area (Å²) in [4.78, 5) is 11.9. The average Bonchev–Trinajstić information content (AvgIpc) is 2.76. The Labute approximate surface area is 110 Å². The van der Waals surface area contributed by atoms with Gasteiger partial charge >= 0.3 is 0 Å². The molecule has 0 radical (unpaired) electrons. The smallest absolute Gasteiger partial charge is 0.256 e. The van der Waals surface area contributed by atoms with Crippen LogP contribution in [0, 0.1) is 11.3 Å². The molecule has 0 aromatic heterocycles. The van der Waals surface area contributed by atoms with Gasteiger partial charge in [0, 0.05) is 16.8 Å². The summed E-state index contributed by atoms with van der Waals surface area (Å²) < 4.78 is 0. The molecular formula is C16H10N2O. The Morgan fingerprint density at radius 1 is 1.05 bits per heavy atom. The van der Waals surface area contributed by atoms with E-state index in [2.05, 4.69) is 11.4 Å². The van der Waals surface area contributed by atoms with Gasteiger partial charge in [-0.15, -0.1) is 0 Å². The number of nitriles is 1. The lowest BCUT2D eigenvalue weighted by atomic mass is 10.0. The number of nitrogens with zero attached hydrogens (tertiary/aromatic N) is 1. The molecule has 1 heterocycles. The summed E-state index contributed by atoms with van der Waals surface area (Å²) in [6.45, 7) is 0. The maximum atomic E-state index is 11.9. The molecular weight excluding hydrogens is 236 g/mol. The predicted octanol–water partition coefficient (Wildman–Crippen LogP) is 3.05. The third-order valence-corrected chi connectivity index (χ3v) is 3.06. The molecule has 0 unspecified atom stereocenters. The van der Waals surface area contributed by atoms with Crippen LogP contribution in [-0.2, 0) is 4.79 Å². The fourth-order valence-corrected chi connectivity index (χ4v) is 2.10. The lowest BCUT2D eigenvalue weighted by Gasteiger charge is -1.98. The standard InChI is InChI=1S/C16H10N2O/c17-10-12-7-5-11(6-8-12)9-14-13-3-1-2-4-15(13)18-16(14)19/h1-9H,(H,18,19)/b14-9-. The first-order valence-electron chi connectivity index (χ1n) is 5.90. The highest BCUT2D eigenvalue weighted by Crippen LogP contribution is 2.32. The number of anilines is 1. The molecule has 0 saturated carbocycles. The molecule has 90 valence electrons. The number of nitrogens with one attached hydrogen (secondary N) is 1. The zero-order chi connectivity index (χ0) is 13.2. The number of rotatable bonds is 1. The topological polar surface area (TPSA) is 52.9 Å². The van der Waals surface area contributed by atoms with Crippen molar-refractivity contribution >= 4 is 23.2 Å². The van der Waals surface area contributed by atoms with Gasteiger partial charge in [-0.05, 0) is 29.8 Å². The van der Waals surface area contributed by atoms with Crippen LogP contribution in [0.4, 0.5) is 5.69 Å². The van der Waals surface area contributed by atoms with Crippen molar-refractivity contribution in [3.8, 4) is 6.07 Å². The second-order valence-electron chi connectivity index (χ2n) is 4.29. The lowest BCUT2D eigenvalue weighted by molar-refractivity contribution is -0.110. The third kappa shape index (κ3) is 2.00. The number of hydrogen-bond donors (Lipinski definition) is 1. The van der Waals surface area contributed by atoms with Gasteiger partial charge in [-0.3, -0.25) is 4.79 Å². The van der Waals surface area contributed by atoms with Crippen LogP contribution >= 0.6 is 0 Å². The summed E-state index contributed by atoms with van der Waals surface area (Å²) in [5.41, 5.74) is 3.92. The maximum absolute atomic E-state index is 11.9. The summed E-state index contributed by atoms with van der Waals surface area (Å²) in [6, 6.07) is 16.8. The van der Waals surface area contributed by atoms with Crippen LogP contribution in [0.15, 0.2) is 48.5 Å². The molecule has 0 saturated heterocycles. The van der Waals surface area contributed by atoms with Gasteiger partial charge < -0.3 is 5.32 Å². The van der Waals surface area contributed by atoms with E-state index in [9.17, 15) is 4.79 Å². The van der Waals surface area contributed by atoms with E-state index in [-0.39, 0.29) is 5.91 Å². The van der Waals surface area contributed by atoms with Gasteiger partial charge in [0.15, 0.2) is 0 Å². The highest BCUT2D eigenvalue weighted by molar-refractivity contribution is 6.34. The number of amides is 1. The SMILES string of the molecule is N#Cc1ccc(/C=C2\C(=O)Nc3ccccc32)cc1. The molecule has 1 N–H and O–H groups in total. The summed E-state index contributed by atoms with van der Waals surface area (Å²) in [5, 5.41) is 11.6. The van der Waals surface area contributed by atoms with Gasteiger partial charge in [0.05, 0.1) is 11.6 Å². The normalized spacial score (nSPS) is 14.9. The summed E-state index contributed by atoms with van der Waals surface area (Å²) >= 11 is 0. The van der Waals surface area contributed by atoms with Crippen molar-refractivity contribution in [3.63, 3.8) is 0 Å². The zero-order valence-corrected chi connectivity index (χ0v) is 10.1. The Balaban J connectivity index is 2.04. The van der Waals surface area contributed by atoms with E-state index in [1.165, 1.54) is 0 Å². The first-order chi connectivity index (χ1) is 9.28. The van der Waals surface area contributed by atoms with E-state index in [1.807, 2.05) is 42.5 Å². The molecule has 0 atom stereocenters. The molecule has 1 amide bonds. The number of carbonyl (C=O) groups excluding carboxylic acids is 1. The maximum Gasteiger partial charge on any atom is 0.256 e. The predicted molar refractivity (Wildman–Crippen MR) is 74.1 cm³/mol. The third-order valence-electron chi connectivity index (χ3n) is 3.06. The number of carbonyl (C=O) groups is 1. The van der Waals surface area contributed by atoms with E-state index in [0.29, 0.717) is 11.1 Å². The first-order valence-corrected chi connectivity index (χ1v) is 5.90. The quantitative estimate of drug-likeness (QED) is 0.786. The Bertz CT molecular complexity index is 721. The zero-order valence-electron chi connectivity index (χ0n) is 10.1. The van der Waals surface area contributed by atoms with Crippen LogP contribution in [0.2, 0.25) is 0 Å². The van der Waals surface area contributed by atoms with Gasteiger partial charge in [0.1, 0.15) is 0 Å². The second-order valence-corrected chi connectivity index (χ2v) is 4.29. The van der Waals surface area contributed by atoms with Crippen molar-refractivity contribution in [1.82, 2.24) is 0 Å². The minimum atomic E-state index is -0.0921. The molecule has 2 aromatic carbocycles. The molecule has 0 bridgehead atoms. The first kappa shape index (κ1) is 11.2. The number of benzene rings is 2. The fourth-order valence-electron chi connectivity index (χ4n) is 2.10. The summed E-state index contributed by atoms with van der Waals surface area (Å²) in [6.07, 6.45) is 1.84. The van der Waals surface area contributed by atoms with E-state index < -0.39 is 0 Å². The molecule has 1 aliphatic heterocycles. The molecule has 3 heteroatoms. The highest BCUT2D eigenvalue weighted by atomic mass is 16.2. The largest absolute Gasteiger partial charge is 0.321 e. The number of hydrogen-bond acceptors (Lipinski definition) is 2. The molecule has 3 nitrogen and oxygen atoms in total. The van der Waals surface area contributed by atoms with E-state index in [1.54, 1.807) is 12.1 Å². The number of para-hydroxylation sites is 1. The van der Waals surface area contributed by atoms with Gasteiger partial charge in [-0.1, -0.05) is 30.3 Å². The van der Waals surface area contributed by atoms with Crippen LogP contribution in [0.5, 0.6) is 0 Å². The highest BCUT2D eigenvalue weighted by Gasteiger charge is 2.22. The van der Waals surface area contributed by atoms with Crippen LogP contribution in [0.25, 0.3) is 11.6 Å². The van der Waals surface area contributed by atoms with Crippen LogP contribution in [0.3, 0.4) is 0 Å². The average molecular weight is 246 g/mol. The molecule has 2 aromatic rings. The Morgan fingerprint density at radius 3 is 2.53 bits per heavy atom. The van der Waals surface area contributed by atoms with Crippen LogP contribution in [-0.4, -0.2) is 5.91 Å². The minimum absolute atomic E-state index is 0.0921. The van der Waals surface area contributed by atoms with Gasteiger partial charge in [0.25, 0.3) is 5.91 Å². The van der Waals surface area contributed by atoms with Crippen molar-refractivity contribution < 1.29 is 4.79 Å². The lowest BCUT2D eigenvalue weighted by Crippen LogP contribution is -2.03. The Hall–Kier alpha value is -2.86. The molecule has 19 heavy (non-hydrogen) atoms. The molecule has 1 aliphatic rings. The van der Waals surface area contributed by atoms with Crippen molar-refractivity contribution in [2.45, 2.75) is 0 Å². The summed E-state index contributed by atoms with van der Waals surface area (Å²) in [5.74, 6) is -0.0921. The van der Waals surface area contributed by atoms with Gasteiger partial charge in [0.2, 0.25) is 0 Å². The fraction of sp³-hybridized carbons (Fsp3) is 0. The Kier molecular flexibility index (Phi) is 2.62. The Morgan fingerprint density at radius 2 is 1.79 bits per heavy atom.